The summed E-state index contributed by atoms with van der Waals surface area (Å²) < 4.78 is 0. The number of hydrogen-bond acceptors (Lipinski definition) is 0. The van der Waals surface area contributed by atoms with E-state index in [-0.39, 0.29) is 0 Å². The van der Waals surface area contributed by atoms with Crippen LogP contribution < -0.4 is 10.4 Å². The van der Waals surface area contributed by atoms with Gasteiger partial charge in [0.2, 0.25) is 0 Å². The monoisotopic (exact) mass is 532 g/mol. The van der Waals surface area contributed by atoms with Gasteiger partial charge in [-0.3, -0.25) is 0 Å². The third kappa shape index (κ3) is 3.62. The van der Waals surface area contributed by atoms with Crippen molar-refractivity contribution in [2.45, 2.75) is 0 Å². The van der Waals surface area contributed by atoms with Crippen LogP contribution in [0.15, 0.2) is 157 Å². The molecule has 0 heteroatoms. The van der Waals surface area contributed by atoms with Crippen LogP contribution in [0.3, 0.4) is 0 Å². The maximum absolute atomic E-state index is 2.46. The van der Waals surface area contributed by atoms with Crippen LogP contribution in [0, 0.1) is 11.8 Å². The lowest BCUT2D eigenvalue weighted by Crippen LogP contribution is -2.33. The first-order chi connectivity index (χ1) is 20.8. The summed E-state index contributed by atoms with van der Waals surface area (Å²) in [6.45, 7) is 0. The van der Waals surface area contributed by atoms with E-state index in [1.54, 1.807) is 0 Å². The summed E-state index contributed by atoms with van der Waals surface area (Å²) in [4.78, 5) is 0. The Kier molecular flexibility index (Phi) is 5.12. The second-order valence-corrected chi connectivity index (χ2v) is 11.7. The molecule has 0 aliphatic heterocycles. The molecular weight excluding hydrogens is 504 g/mol. The SMILES string of the molecule is C1=CC2C(=CC=C3C=c4ccccc4=CC32)C(c2ccc(-c3cccc4c3ccc3cc5ccccc5cc34)cc2)=C1. The maximum Gasteiger partial charge on any atom is 0.0131 e. The van der Waals surface area contributed by atoms with Crippen molar-refractivity contribution in [2.75, 3.05) is 0 Å². The second-order valence-electron chi connectivity index (χ2n) is 11.7. The highest BCUT2D eigenvalue weighted by Crippen LogP contribution is 2.44. The molecule has 3 aliphatic carbocycles. The lowest BCUT2D eigenvalue weighted by Gasteiger charge is -2.33. The Morgan fingerprint density at radius 1 is 0.476 bits per heavy atom. The van der Waals surface area contributed by atoms with Gasteiger partial charge in [-0.1, -0.05) is 146 Å². The minimum absolute atomic E-state index is 0.358. The molecule has 0 saturated heterocycles. The molecule has 2 atom stereocenters. The number of rotatable bonds is 2. The molecule has 6 aromatic carbocycles. The molecule has 0 radical (unpaired) electrons. The average Bonchev–Trinajstić information content (AvgIpc) is 3.06. The molecule has 0 aromatic heterocycles. The molecular formula is C42H28. The summed E-state index contributed by atoms with van der Waals surface area (Å²) in [7, 11) is 0. The van der Waals surface area contributed by atoms with Gasteiger partial charge < -0.3 is 0 Å². The van der Waals surface area contributed by atoms with Crippen molar-refractivity contribution >= 4 is 50.0 Å². The van der Waals surface area contributed by atoms with Crippen LogP contribution in [0.2, 0.25) is 0 Å². The Bertz CT molecular complexity index is 2340. The van der Waals surface area contributed by atoms with Crippen LogP contribution in [-0.4, -0.2) is 0 Å². The predicted octanol–water partition coefficient (Wildman–Crippen LogP) is 9.14. The van der Waals surface area contributed by atoms with Crippen LogP contribution in [0.5, 0.6) is 0 Å². The van der Waals surface area contributed by atoms with Crippen molar-refractivity contribution in [1.82, 2.24) is 0 Å². The van der Waals surface area contributed by atoms with Crippen LogP contribution in [0.25, 0.3) is 61.2 Å². The lowest BCUT2D eigenvalue weighted by atomic mass is 9.70. The van der Waals surface area contributed by atoms with Crippen LogP contribution in [0.1, 0.15) is 5.56 Å². The van der Waals surface area contributed by atoms with E-state index in [9.17, 15) is 0 Å². The minimum atomic E-state index is 0.358. The standard InChI is InChI=1S/C42H28/c1-3-9-31-25-41-33(23-29(31)7-1)19-21-39-35(11-5-13-37(39)41)27-15-17-28(18-16-27)36-12-6-14-38-40(36)22-20-34-24-30-8-2-4-10-32(30)26-42(34)38/h1-26,37,41H. The highest BCUT2D eigenvalue weighted by atomic mass is 14.3. The van der Waals surface area contributed by atoms with Crippen molar-refractivity contribution in [3.63, 3.8) is 0 Å². The van der Waals surface area contributed by atoms with E-state index in [1.807, 2.05) is 0 Å². The first kappa shape index (κ1) is 23.5. The van der Waals surface area contributed by atoms with Gasteiger partial charge in [0.1, 0.15) is 0 Å². The zero-order valence-corrected chi connectivity index (χ0v) is 23.2. The van der Waals surface area contributed by atoms with Gasteiger partial charge in [-0.05, 0) is 88.3 Å². The summed E-state index contributed by atoms with van der Waals surface area (Å²) in [6, 6.07) is 42.5. The first-order valence-electron chi connectivity index (χ1n) is 14.8. The first-order valence-corrected chi connectivity index (χ1v) is 14.8. The van der Waals surface area contributed by atoms with E-state index < -0.39 is 0 Å². The topological polar surface area (TPSA) is 0 Å². The summed E-state index contributed by atoms with van der Waals surface area (Å²) in [6.07, 6.45) is 16.4. The predicted molar refractivity (Wildman–Crippen MR) is 179 cm³/mol. The van der Waals surface area contributed by atoms with Crippen molar-refractivity contribution < 1.29 is 0 Å². The minimum Gasteiger partial charge on any atom is -0.0760 e. The third-order valence-electron chi connectivity index (χ3n) is 9.41. The third-order valence-corrected chi connectivity index (χ3v) is 9.41. The summed E-state index contributed by atoms with van der Waals surface area (Å²) in [5, 5.41) is 10.4. The highest BCUT2D eigenvalue weighted by Gasteiger charge is 2.30. The zero-order valence-electron chi connectivity index (χ0n) is 23.2. The molecule has 3 aliphatic rings. The van der Waals surface area contributed by atoms with Gasteiger partial charge >= 0.3 is 0 Å². The molecule has 0 heterocycles. The largest absolute Gasteiger partial charge is 0.0760 e. The molecule has 6 aromatic rings. The van der Waals surface area contributed by atoms with Gasteiger partial charge in [0.25, 0.3) is 0 Å². The second kappa shape index (κ2) is 9.16. The van der Waals surface area contributed by atoms with Gasteiger partial charge in [0.15, 0.2) is 0 Å². The fourth-order valence-corrected chi connectivity index (χ4v) is 7.31. The molecule has 0 saturated carbocycles. The number of hydrogen-bond donors (Lipinski definition) is 0. The molecule has 0 amide bonds. The molecule has 0 bridgehead atoms. The normalized spacial score (nSPS) is 18.7. The van der Waals surface area contributed by atoms with E-state index in [1.165, 1.54) is 76.2 Å². The van der Waals surface area contributed by atoms with E-state index in [4.69, 9.17) is 0 Å². The molecule has 0 nitrogen and oxygen atoms in total. The summed E-state index contributed by atoms with van der Waals surface area (Å²) >= 11 is 0. The molecule has 0 spiro atoms. The molecule has 0 fully saturated rings. The molecule has 2 unspecified atom stereocenters. The van der Waals surface area contributed by atoms with E-state index in [0.717, 1.165) is 0 Å². The van der Waals surface area contributed by atoms with Crippen molar-refractivity contribution in [1.29, 1.82) is 0 Å². The highest BCUT2D eigenvalue weighted by molar-refractivity contribution is 6.15. The van der Waals surface area contributed by atoms with Crippen molar-refractivity contribution in [3.8, 4) is 11.1 Å². The smallest absolute Gasteiger partial charge is 0.0131 e. The molecule has 9 rings (SSSR count). The van der Waals surface area contributed by atoms with Gasteiger partial charge in [-0.15, -0.1) is 0 Å². The Morgan fingerprint density at radius 3 is 2.14 bits per heavy atom. The summed E-state index contributed by atoms with van der Waals surface area (Å²) in [5.41, 5.74) is 7.94. The Balaban J connectivity index is 1.10. The van der Waals surface area contributed by atoms with E-state index >= 15 is 0 Å². The Morgan fingerprint density at radius 2 is 1.26 bits per heavy atom. The maximum atomic E-state index is 2.46. The van der Waals surface area contributed by atoms with E-state index in [2.05, 4.69) is 158 Å². The fraction of sp³-hybridized carbons (Fsp3) is 0.0476. The Labute approximate surface area is 245 Å². The molecule has 0 N–H and O–H groups in total. The number of allylic oxidation sites excluding steroid dienone is 8. The van der Waals surface area contributed by atoms with Crippen molar-refractivity contribution in [3.05, 3.63) is 173 Å². The van der Waals surface area contributed by atoms with Gasteiger partial charge in [0, 0.05) is 11.8 Å². The van der Waals surface area contributed by atoms with Gasteiger partial charge in [-0.2, -0.15) is 0 Å². The van der Waals surface area contributed by atoms with Gasteiger partial charge in [-0.25, -0.2) is 0 Å². The van der Waals surface area contributed by atoms with Crippen molar-refractivity contribution in [2.24, 2.45) is 11.8 Å². The van der Waals surface area contributed by atoms with Crippen LogP contribution >= 0.6 is 0 Å². The molecule has 196 valence electrons. The molecule has 42 heavy (non-hydrogen) atoms. The quantitative estimate of drug-likeness (QED) is 0.154. The summed E-state index contributed by atoms with van der Waals surface area (Å²) in [5.74, 6) is 0.735. The number of fused-ring (bicyclic) bond motifs is 8. The lowest BCUT2D eigenvalue weighted by molar-refractivity contribution is 0.652. The zero-order chi connectivity index (χ0) is 27.6. The number of benzene rings is 6. The van der Waals surface area contributed by atoms with Gasteiger partial charge in [0.05, 0.1) is 0 Å². The van der Waals surface area contributed by atoms with Crippen LogP contribution in [0.4, 0.5) is 0 Å². The van der Waals surface area contributed by atoms with E-state index in [0.29, 0.717) is 11.8 Å². The average molecular weight is 533 g/mol. The fourth-order valence-electron chi connectivity index (χ4n) is 7.31. The van der Waals surface area contributed by atoms with Crippen LogP contribution in [-0.2, 0) is 0 Å². The Hall–Kier alpha value is -5.20.